The second kappa shape index (κ2) is 4.76. The number of nitrogens with two attached hydrogens (primary N) is 1. The van der Waals surface area contributed by atoms with Gasteiger partial charge in [-0.05, 0) is 66.4 Å². The van der Waals surface area contributed by atoms with E-state index in [2.05, 4.69) is 46.9 Å². The molecule has 88 valence electrons. The quantitative estimate of drug-likeness (QED) is 0.859. The topological polar surface area (TPSA) is 29.3 Å². The van der Waals surface area contributed by atoms with Gasteiger partial charge in [0.1, 0.15) is 0 Å². The molecule has 1 aliphatic carbocycles. The molecule has 0 radical (unpaired) electrons. The predicted octanol–water partition coefficient (Wildman–Crippen LogP) is 3.26. The average Bonchev–Trinajstić information content (AvgIpc) is 3.06. The Hall–Kier alpha value is -0.540. The van der Waals surface area contributed by atoms with Crippen LogP contribution in [0.2, 0.25) is 0 Å². The van der Waals surface area contributed by atoms with Gasteiger partial charge in [-0.15, -0.1) is 0 Å². The zero-order valence-corrected chi connectivity index (χ0v) is 11.5. The molecule has 1 aromatic carbocycles. The van der Waals surface area contributed by atoms with E-state index in [1.165, 1.54) is 18.4 Å². The monoisotopic (exact) mass is 282 g/mol. The van der Waals surface area contributed by atoms with Crippen LogP contribution >= 0.6 is 15.9 Å². The first kappa shape index (κ1) is 11.9. The minimum absolute atomic E-state index is 0.691. The molecule has 0 heterocycles. The van der Waals surface area contributed by atoms with E-state index in [-0.39, 0.29) is 0 Å². The molecule has 1 unspecified atom stereocenters. The van der Waals surface area contributed by atoms with Gasteiger partial charge in [0.05, 0.1) is 0 Å². The minimum atomic E-state index is 0.691. The molecule has 1 aliphatic rings. The maximum atomic E-state index is 5.78. The molecule has 2 N–H and O–H groups in total. The van der Waals surface area contributed by atoms with Crippen molar-refractivity contribution in [1.29, 1.82) is 0 Å². The summed E-state index contributed by atoms with van der Waals surface area (Å²) in [6.45, 7) is 3.32. The molecular weight excluding hydrogens is 264 g/mol. The molecular formula is C13H19BrN2. The van der Waals surface area contributed by atoms with Gasteiger partial charge in [0.2, 0.25) is 0 Å². The van der Waals surface area contributed by atoms with Crippen molar-refractivity contribution >= 4 is 21.6 Å². The molecule has 16 heavy (non-hydrogen) atoms. The molecule has 0 saturated heterocycles. The summed E-state index contributed by atoms with van der Waals surface area (Å²) in [5.41, 5.74) is 7.90. The van der Waals surface area contributed by atoms with E-state index < -0.39 is 0 Å². The first-order valence-electron chi connectivity index (χ1n) is 5.82. The Bertz CT molecular complexity index is 374. The smallest absolute Gasteiger partial charge is 0.0458 e. The zero-order chi connectivity index (χ0) is 11.7. The van der Waals surface area contributed by atoms with Crippen molar-refractivity contribution in [3.8, 4) is 0 Å². The number of hydrogen-bond acceptors (Lipinski definition) is 2. The lowest BCUT2D eigenvalue weighted by molar-refractivity contribution is 0.226. The van der Waals surface area contributed by atoms with Gasteiger partial charge in [0.15, 0.2) is 0 Å². The van der Waals surface area contributed by atoms with Crippen LogP contribution in [0.4, 0.5) is 5.69 Å². The third kappa shape index (κ3) is 2.77. The fourth-order valence-electron chi connectivity index (χ4n) is 2.04. The summed E-state index contributed by atoms with van der Waals surface area (Å²) < 4.78 is 0.998. The Morgan fingerprint density at radius 2 is 2.19 bits per heavy atom. The molecule has 2 nitrogen and oxygen atoms in total. The van der Waals surface area contributed by atoms with Crippen molar-refractivity contribution in [3.05, 3.63) is 28.2 Å². The minimum Gasteiger partial charge on any atom is -0.398 e. The highest BCUT2D eigenvalue weighted by atomic mass is 79.9. The number of halogens is 1. The van der Waals surface area contributed by atoms with Crippen LogP contribution in [-0.4, -0.2) is 18.0 Å². The first-order chi connectivity index (χ1) is 7.58. The molecule has 3 heteroatoms. The van der Waals surface area contributed by atoms with E-state index in [1.54, 1.807) is 0 Å². The summed E-state index contributed by atoms with van der Waals surface area (Å²) in [5, 5.41) is 0. The van der Waals surface area contributed by atoms with Crippen LogP contribution in [0.3, 0.4) is 0 Å². The van der Waals surface area contributed by atoms with Crippen LogP contribution in [-0.2, 0) is 6.54 Å². The van der Waals surface area contributed by atoms with Crippen LogP contribution < -0.4 is 5.73 Å². The number of nitrogen functional groups attached to an aromatic ring is 1. The zero-order valence-electron chi connectivity index (χ0n) is 9.91. The fourth-order valence-corrected chi connectivity index (χ4v) is 2.47. The number of benzene rings is 1. The van der Waals surface area contributed by atoms with E-state index in [4.69, 9.17) is 5.73 Å². The maximum Gasteiger partial charge on any atom is 0.0458 e. The Kier molecular flexibility index (Phi) is 3.55. The van der Waals surface area contributed by atoms with Gasteiger partial charge in [-0.3, -0.25) is 4.90 Å². The van der Waals surface area contributed by atoms with E-state index in [1.807, 2.05) is 6.07 Å². The average molecular weight is 283 g/mol. The lowest BCUT2D eigenvalue weighted by atomic mass is 10.1. The van der Waals surface area contributed by atoms with E-state index >= 15 is 0 Å². The summed E-state index contributed by atoms with van der Waals surface area (Å²) in [4.78, 5) is 2.43. The molecule has 1 saturated carbocycles. The highest BCUT2D eigenvalue weighted by Crippen LogP contribution is 2.35. The van der Waals surface area contributed by atoms with Gasteiger partial charge >= 0.3 is 0 Å². The van der Waals surface area contributed by atoms with Crippen molar-refractivity contribution < 1.29 is 0 Å². The molecule has 0 bridgehead atoms. The summed E-state index contributed by atoms with van der Waals surface area (Å²) in [6.07, 6.45) is 2.80. The van der Waals surface area contributed by atoms with Crippen molar-refractivity contribution in [1.82, 2.24) is 4.90 Å². The number of hydrogen-bond donors (Lipinski definition) is 1. The van der Waals surface area contributed by atoms with Gasteiger partial charge in [0.25, 0.3) is 0 Å². The normalized spacial score (nSPS) is 17.8. The highest BCUT2D eigenvalue weighted by Gasteiger charge is 2.30. The predicted molar refractivity (Wildman–Crippen MR) is 72.2 cm³/mol. The first-order valence-corrected chi connectivity index (χ1v) is 6.61. The van der Waals surface area contributed by atoms with Crippen LogP contribution in [0.5, 0.6) is 0 Å². The molecule has 1 aromatic rings. The lowest BCUT2D eigenvalue weighted by Gasteiger charge is -2.24. The Morgan fingerprint density at radius 1 is 1.50 bits per heavy atom. The van der Waals surface area contributed by atoms with Crippen molar-refractivity contribution in [2.75, 3.05) is 12.8 Å². The molecule has 0 spiro atoms. The van der Waals surface area contributed by atoms with Gasteiger partial charge in [-0.1, -0.05) is 6.07 Å². The number of rotatable bonds is 4. The molecule has 0 aliphatic heterocycles. The van der Waals surface area contributed by atoms with Crippen LogP contribution in [0.1, 0.15) is 25.3 Å². The third-order valence-corrected chi connectivity index (χ3v) is 4.18. The van der Waals surface area contributed by atoms with E-state index in [9.17, 15) is 0 Å². The second-order valence-corrected chi connectivity index (χ2v) is 5.70. The van der Waals surface area contributed by atoms with Gasteiger partial charge in [0, 0.05) is 22.7 Å². The standard InChI is InChI=1S/C13H19BrN2/c1-9(11-4-5-11)16(2)8-10-3-6-13(15)12(14)7-10/h3,6-7,9,11H,4-5,8,15H2,1-2H3. The summed E-state index contributed by atoms with van der Waals surface area (Å²) in [5.74, 6) is 0.919. The van der Waals surface area contributed by atoms with Crippen LogP contribution in [0.15, 0.2) is 22.7 Å². The molecule has 1 fully saturated rings. The van der Waals surface area contributed by atoms with Gasteiger partial charge in [-0.2, -0.15) is 0 Å². The lowest BCUT2D eigenvalue weighted by Crippen LogP contribution is -2.30. The van der Waals surface area contributed by atoms with Crippen molar-refractivity contribution in [2.45, 2.75) is 32.4 Å². The van der Waals surface area contributed by atoms with Crippen LogP contribution in [0.25, 0.3) is 0 Å². The Balaban J connectivity index is 1.99. The molecule has 1 atom stereocenters. The maximum absolute atomic E-state index is 5.78. The van der Waals surface area contributed by atoms with Crippen LogP contribution in [0, 0.1) is 5.92 Å². The van der Waals surface area contributed by atoms with Crippen molar-refractivity contribution in [3.63, 3.8) is 0 Å². The number of anilines is 1. The molecule has 0 amide bonds. The van der Waals surface area contributed by atoms with E-state index in [0.717, 1.165) is 22.6 Å². The fraction of sp³-hybridized carbons (Fsp3) is 0.538. The van der Waals surface area contributed by atoms with Gasteiger partial charge in [-0.25, -0.2) is 0 Å². The Morgan fingerprint density at radius 3 is 2.75 bits per heavy atom. The number of nitrogens with zero attached hydrogens (tertiary/aromatic N) is 1. The van der Waals surface area contributed by atoms with Crippen molar-refractivity contribution in [2.24, 2.45) is 5.92 Å². The largest absolute Gasteiger partial charge is 0.398 e. The SMILES string of the molecule is CC(C1CC1)N(C)Cc1ccc(N)c(Br)c1. The second-order valence-electron chi connectivity index (χ2n) is 4.85. The highest BCUT2D eigenvalue weighted by molar-refractivity contribution is 9.10. The molecule has 0 aromatic heterocycles. The van der Waals surface area contributed by atoms with E-state index in [0.29, 0.717) is 6.04 Å². The third-order valence-electron chi connectivity index (χ3n) is 3.50. The van der Waals surface area contributed by atoms with Gasteiger partial charge < -0.3 is 5.73 Å². The summed E-state index contributed by atoms with van der Waals surface area (Å²) in [6, 6.07) is 6.88. The molecule has 2 rings (SSSR count). The Labute approximate surface area is 106 Å². The summed E-state index contributed by atoms with van der Waals surface area (Å²) in [7, 11) is 2.20. The summed E-state index contributed by atoms with van der Waals surface area (Å²) >= 11 is 3.47.